The van der Waals surface area contributed by atoms with Crippen molar-refractivity contribution < 1.29 is 0 Å². The fourth-order valence-electron chi connectivity index (χ4n) is 1.75. The van der Waals surface area contributed by atoms with Gasteiger partial charge in [0.2, 0.25) is 0 Å². The van der Waals surface area contributed by atoms with Gasteiger partial charge in [-0.1, -0.05) is 20.8 Å². The van der Waals surface area contributed by atoms with Crippen LogP contribution >= 0.6 is 11.8 Å². The SMILES string of the molecule is CC1CCC(SC(C)C)CC1. The first kappa shape index (κ1) is 9.44. The van der Waals surface area contributed by atoms with Gasteiger partial charge in [-0.15, -0.1) is 0 Å². The first-order chi connectivity index (χ1) is 5.18. The van der Waals surface area contributed by atoms with E-state index in [1.807, 2.05) is 0 Å². The van der Waals surface area contributed by atoms with Crippen molar-refractivity contribution in [2.75, 3.05) is 0 Å². The van der Waals surface area contributed by atoms with E-state index in [4.69, 9.17) is 0 Å². The molecule has 0 unspecified atom stereocenters. The molecule has 66 valence electrons. The van der Waals surface area contributed by atoms with Gasteiger partial charge in [-0.2, -0.15) is 11.8 Å². The molecule has 1 saturated carbocycles. The summed E-state index contributed by atoms with van der Waals surface area (Å²) in [7, 11) is 0. The summed E-state index contributed by atoms with van der Waals surface area (Å²) in [4.78, 5) is 0. The Balaban J connectivity index is 2.17. The highest BCUT2D eigenvalue weighted by atomic mass is 32.2. The van der Waals surface area contributed by atoms with Crippen LogP contribution in [0.4, 0.5) is 0 Å². The van der Waals surface area contributed by atoms with Gasteiger partial charge in [-0.3, -0.25) is 0 Å². The molecule has 0 saturated heterocycles. The Morgan fingerprint density at radius 2 is 1.64 bits per heavy atom. The molecule has 0 spiro atoms. The summed E-state index contributed by atoms with van der Waals surface area (Å²) in [6.45, 7) is 7.00. The number of hydrogen-bond acceptors (Lipinski definition) is 1. The summed E-state index contributed by atoms with van der Waals surface area (Å²) >= 11 is 2.18. The molecule has 1 aliphatic carbocycles. The fourth-order valence-corrected chi connectivity index (χ4v) is 3.06. The van der Waals surface area contributed by atoms with E-state index in [2.05, 4.69) is 32.5 Å². The predicted molar refractivity (Wildman–Crippen MR) is 54.1 cm³/mol. The second-order valence-corrected chi connectivity index (χ2v) is 5.95. The van der Waals surface area contributed by atoms with Crippen LogP contribution in [0.1, 0.15) is 46.5 Å². The zero-order chi connectivity index (χ0) is 8.27. The maximum Gasteiger partial charge on any atom is 0.00498 e. The Morgan fingerprint density at radius 1 is 1.09 bits per heavy atom. The summed E-state index contributed by atoms with van der Waals surface area (Å²) in [6, 6.07) is 0. The fraction of sp³-hybridized carbons (Fsp3) is 1.00. The molecule has 0 amide bonds. The Labute approximate surface area is 75.1 Å². The van der Waals surface area contributed by atoms with Crippen LogP contribution in [-0.4, -0.2) is 10.5 Å². The van der Waals surface area contributed by atoms with Gasteiger partial charge in [-0.25, -0.2) is 0 Å². The number of rotatable bonds is 2. The van der Waals surface area contributed by atoms with Crippen LogP contribution in [0.15, 0.2) is 0 Å². The van der Waals surface area contributed by atoms with Crippen molar-refractivity contribution in [3.63, 3.8) is 0 Å². The van der Waals surface area contributed by atoms with Gasteiger partial charge in [0.15, 0.2) is 0 Å². The minimum Gasteiger partial charge on any atom is -0.156 e. The van der Waals surface area contributed by atoms with Crippen molar-refractivity contribution in [2.45, 2.75) is 57.0 Å². The van der Waals surface area contributed by atoms with Crippen LogP contribution in [0.25, 0.3) is 0 Å². The molecule has 0 radical (unpaired) electrons. The van der Waals surface area contributed by atoms with Crippen LogP contribution in [-0.2, 0) is 0 Å². The molecule has 0 bridgehead atoms. The van der Waals surface area contributed by atoms with Crippen molar-refractivity contribution >= 4 is 11.8 Å². The molecule has 0 nitrogen and oxygen atoms in total. The smallest absolute Gasteiger partial charge is 0.00498 e. The number of hydrogen-bond donors (Lipinski definition) is 0. The van der Waals surface area contributed by atoms with E-state index in [1.165, 1.54) is 25.7 Å². The van der Waals surface area contributed by atoms with Gasteiger partial charge in [0.1, 0.15) is 0 Å². The minimum absolute atomic E-state index is 0.827. The third-order valence-corrected chi connectivity index (χ3v) is 3.83. The van der Waals surface area contributed by atoms with Crippen molar-refractivity contribution in [3.8, 4) is 0 Å². The van der Waals surface area contributed by atoms with Gasteiger partial charge in [0.05, 0.1) is 0 Å². The van der Waals surface area contributed by atoms with Crippen molar-refractivity contribution in [1.82, 2.24) is 0 Å². The molecule has 0 heterocycles. The lowest BCUT2D eigenvalue weighted by Crippen LogP contribution is -2.15. The van der Waals surface area contributed by atoms with E-state index in [9.17, 15) is 0 Å². The monoisotopic (exact) mass is 172 g/mol. The van der Waals surface area contributed by atoms with E-state index in [-0.39, 0.29) is 0 Å². The minimum atomic E-state index is 0.827. The van der Waals surface area contributed by atoms with E-state index in [1.54, 1.807) is 0 Å². The predicted octanol–water partition coefficient (Wildman–Crippen LogP) is 3.71. The van der Waals surface area contributed by atoms with Gasteiger partial charge in [0, 0.05) is 5.25 Å². The molecule has 1 fully saturated rings. The Hall–Kier alpha value is 0.350. The number of thioether (sulfide) groups is 1. The maximum atomic E-state index is 2.39. The summed E-state index contributed by atoms with van der Waals surface area (Å²) in [5.74, 6) is 0.999. The molecule has 1 heteroatoms. The molecular formula is C10H20S. The van der Waals surface area contributed by atoms with Crippen LogP contribution in [0.2, 0.25) is 0 Å². The first-order valence-corrected chi connectivity index (χ1v) is 5.78. The van der Waals surface area contributed by atoms with Crippen LogP contribution in [0.5, 0.6) is 0 Å². The third kappa shape index (κ3) is 3.50. The Kier molecular flexibility index (Phi) is 3.77. The van der Waals surface area contributed by atoms with E-state index in [0.29, 0.717) is 0 Å². The molecule has 1 rings (SSSR count). The lowest BCUT2D eigenvalue weighted by molar-refractivity contribution is 0.393. The highest BCUT2D eigenvalue weighted by molar-refractivity contribution is 8.00. The van der Waals surface area contributed by atoms with Crippen molar-refractivity contribution in [1.29, 1.82) is 0 Å². The Morgan fingerprint density at radius 3 is 2.09 bits per heavy atom. The quantitative estimate of drug-likeness (QED) is 0.612. The van der Waals surface area contributed by atoms with Gasteiger partial charge >= 0.3 is 0 Å². The summed E-state index contributed by atoms with van der Waals surface area (Å²) < 4.78 is 0. The highest BCUT2D eigenvalue weighted by Crippen LogP contribution is 2.33. The molecule has 0 atom stereocenters. The van der Waals surface area contributed by atoms with Crippen molar-refractivity contribution in [2.24, 2.45) is 5.92 Å². The van der Waals surface area contributed by atoms with Gasteiger partial charge in [-0.05, 0) is 36.9 Å². The Bertz CT molecular complexity index is 101. The zero-order valence-corrected chi connectivity index (χ0v) is 8.79. The molecule has 0 aromatic carbocycles. The summed E-state index contributed by atoms with van der Waals surface area (Å²) in [5.41, 5.74) is 0. The van der Waals surface area contributed by atoms with Gasteiger partial charge < -0.3 is 0 Å². The second-order valence-electron chi connectivity index (χ2n) is 4.07. The lowest BCUT2D eigenvalue weighted by Gasteiger charge is -2.26. The molecular weight excluding hydrogens is 152 g/mol. The van der Waals surface area contributed by atoms with E-state index in [0.717, 1.165) is 16.4 Å². The molecule has 0 aliphatic heterocycles. The van der Waals surface area contributed by atoms with Crippen LogP contribution < -0.4 is 0 Å². The molecule has 0 N–H and O–H groups in total. The average molecular weight is 172 g/mol. The van der Waals surface area contributed by atoms with Crippen molar-refractivity contribution in [3.05, 3.63) is 0 Å². The normalized spacial score (nSPS) is 32.7. The topological polar surface area (TPSA) is 0 Å². The summed E-state index contributed by atoms with van der Waals surface area (Å²) in [6.07, 6.45) is 5.85. The summed E-state index contributed by atoms with van der Waals surface area (Å²) in [5, 5.41) is 1.81. The third-order valence-electron chi connectivity index (χ3n) is 2.43. The largest absolute Gasteiger partial charge is 0.156 e. The van der Waals surface area contributed by atoms with Gasteiger partial charge in [0.25, 0.3) is 0 Å². The average Bonchev–Trinajstić information content (AvgIpc) is 1.93. The molecule has 0 aromatic heterocycles. The van der Waals surface area contributed by atoms with Crippen LogP contribution in [0.3, 0.4) is 0 Å². The molecule has 1 aliphatic rings. The van der Waals surface area contributed by atoms with Crippen LogP contribution in [0, 0.1) is 5.92 Å². The lowest BCUT2D eigenvalue weighted by atomic mass is 9.91. The first-order valence-electron chi connectivity index (χ1n) is 4.84. The molecule has 0 aromatic rings. The van der Waals surface area contributed by atoms with E-state index >= 15 is 0 Å². The highest BCUT2D eigenvalue weighted by Gasteiger charge is 2.18. The zero-order valence-electron chi connectivity index (χ0n) is 7.97. The standard InChI is InChI=1S/C10H20S/c1-8(2)11-10-6-4-9(3)5-7-10/h8-10H,4-7H2,1-3H3. The second kappa shape index (κ2) is 4.39. The molecule has 11 heavy (non-hydrogen) atoms. The van der Waals surface area contributed by atoms with E-state index < -0.39 is 0 Å². The maximum absolute atomic E-state index is 2.39.